The molecule has 1 unspecified atom stereocenters. The van der Waals surface area contributed by atoms with Crippen molar-refractivity contribution < 1.29 is 27.3 Å². The first-order valence-corrected chi connectivity index (χ1v) is 11.1. The standard InChI is InChI=1S/C22H20FN3O6S/c1-14(16-8-11-21(32-2)20(23)12-16)24-22(27)15-6-9-17(10-7-15)25-33(30,31)19-5-3-4-18(13-19)26(28)29/h3-14,25H,1-2H3,(H,24,27). The van der Waals surface area contributed by atoms with Gasteiger partial charge in [-0.15, -0.1) is 0 Å². The number of hydrogen-bond acceptors (Lipinski definition) is 6. The summed E-state index contributed by atoms with van der Waals surface area (Å²) in [6.45, 7) is 1.70. The van der Waals surface area contributed by atoms with Gasteiger partial charge in [-0.1, -0.05) is 12.1 Å². The molecule has 0 spiro atoms. The number of amides is 1. The van der Waals surface area contributed by atoms with Crippen LogP contribution in [0.4, 0.5) is 15.8 Å². The zero-order chi connectivity index (χ0) is 24.2. The quantitative estimate of drug-likeness (QED) is 0.376. The van der Waals surface area contributed by atoms with Crippen molar-refractivity contribution in [2.45, 2.75) is 17.9 Å². The lowest BCUT2D eigenvalue weighted by molar-refractivity contribution is -0.385. The van der Waals surface area contributed by atoms with Gasteiger partial charge in [0.05, 0.1) is 23.0 Å². The predicted octanol–water partition coefficient (Wildman–Crippen LogP) is 4.03. The van der Waals surface area contributed by atoms with Crippen molar-refractivity contribution in [1.29, 1.82) is 0 Å². The topological polar surface area (TPSA) is 128 Å². The van der Waals surface area contributed by atoms with E-state index in [0.29, 0.717) is 5.56 Å². The average molecular weight is 473 g/mol. The first-order chi connectivity index (χ1) is 15.6. The third-order valence-electron chi connectivity index (χ3n) is 4.76. The Labute approximate surface area is 189 Å². The van der Waals surface area contributed by atoms with Gasteiger partial charge >= 0.3 is 0 Å². The molecule has 0 aliphatic heterocycles. The molecule has 0 heterocycles. The summed E-state index contributed by atoms with van der Waals surface area (Å²) in [5.74, 6) is -0.885. The number of anilines is 1. The van der Waals surface area contributed by atoms with Crippen molar-refractivity contribution in [2.75, 3.05) is 11.8 Å². The third kappa shape index (κ3) is 5.63. The van der Waals surface area contributed by atoms with E-state index in [0.717, 1.165) is 6.07 Å². The van der Waals surface area contributed by atoms with E-state index in [4.69, 9.17) is 4.74 Å². The van der Waals surface area contributed by atoms with Crippen LogP contribution in [-0.2, 0) is 10.0 Å². The molecule has 0 saturated carbocycles. The van der Waals surface area contributed by atoms with Crippen LogP contribution >= 0.6 is 0 Å². The molecule has 3 aromatic carbocycles. The fraction of sp³-hybridized carbons (Fsp3) is 0.136. The minimum Gasteiger partial charge on any atom is -0.494 e. The molecule has 0 saturated heterocycles. The van der Waals surface area contributed by atoms with Gasteiger partial charge in [-0.25, -0.2) is 12.8 Å². The van der Waals surface area contributed by atoms with Crippen molar-refractivity contribution >= 4 is 27.3 Å². The second-order valence-electron chi connectivity index (χ2n) is 7.03. The van der Waals surface area contributed by atoms with E-state index < -0.39 is 32.7 Å². The lowest BCUT2D eigenvalue weighted by Crippen LogP contribution is -2.26. The Morgan fingerprint density at radius 2 is 1.79 bits per heavy atom. The highest BCUT2D eigenvalue weighted by Gasteiger charge is 2.18. The number of benzene rings is 3. The van der Waals surface area contributed by atoms with Gasteiger partial charge in [0, 0.05) is 23.4 Å². The molecule has 1 atom stereocenters. The molecule has 9 nitrogen and oxygen atoms in total. The molecule has 0 bridgehead atoms. The minimum atomic E-state index is -4.07. The molecular formula is C22H20FN3O6S. The SMILES string of the molecule is COc1ccc(C(C)NC(=O)c2ccc(NS(=O)(=O)c3cccc([N+](=O)[O-])c3)cc2)cc1F. The maximum atomic E-state index is 13.9. The number of carbonyl (C=O) groups is 1. The summed E-state index contributed by atoms with van der Waals surface area (Å²) in [6.07, 6.45) is 0. The number of carbonyl (C=O) groups excluding carboxylic acids is 1. The number of ether oxygens (including phenoxy) is 1. The monoisotopic (exact) mass is 473 g/mol. The lowest BCUT2D eigenvalue weighted by Gasteiger charge is -2.15. The van der Waals surface area contributed by atoms with Crippen LogP contribution in [0.5, 0.6) is 5.75 Å². The van der Waals surface area contributed by atoms with Crippen molar-refractivity contribution in [3.8, 4) is 5.75 Å². The maximum Gasteiger partial charge on any atom is 0.270 e. The fourth-order valence-electron chi connectivity index (χ4n) is 2.98. The molecule has 0 fully saturated rings. The van der Waals surface area contributed by atoms with Crippen LogP contribution in [0.1, 0.15) is 28.9 Å². The summed E-state index contributed by atoms with van der Waals surface area (Å²) in [5, 5.41) is 13.6. The van der Waals surface area contributed by atoms with Crippen molar-refractivity contribution in [3.63, 3.8) is 0 Å². The smallest absolute Gasteiger partial charge is 0.270 e. The summed E-state index contributed by atoms with van der Waals surface area (Å²) in [4.78, 5) is 22.5. The summed E-state index contributed by atoms with van der Waals surface area (Å²) in [7, 11) is -2.71. The number of non-ortho nitro benzene ring substituents is 1. The van der Waals surface area contributed by atoms with E-state index in [2.05, 4.69) is 10.0 Å². The molecule has 33 heavy (non-hydrogen) atoms. The Bertz CT molecular complexity index is 1300. The molecule has 172 valence electrons. The molecule has 0 aromatic heterocycles. The van der Waals surface area contributed by atoms with E-state index in [-0.39, 0.29) is 27.6 Å². The van der Waals surface area contributed by atoms with Gasteiger partial charge in [-0.05, 0) is 55.0 Å². The number of nitrogens with one attached hydrogen (secondary N) is 2. The van der Waals surface area contributed by atoms with Crippen molar-refractivity contribution in [3.05, 3.63) is 93.8 Å². The van der Waals surface area contributed by atoms with E-state index in [1.807, 2.05) is 0 Å². The second kappa shape index (κ2) is 9.65. The number of halogens is 1. The van der Waals surface area contributed by atoms with Crippen LogP contribution in [0.2, 0.25) is 0 Å². The van der Waals surface area contributed by atoms with Crippen LogP contribution in [-0.4, -0.2) is 26.4 Å². The molecule has 3 rings (SSSR count). The molecule has 3 aromatic rings. The van der Waals surface area contributed by atoms with Gasteiger partial charge in [0.15, 0.2) is 11.6 Å². The van der Waals surface area contributed by atoms with E-state index in [1.54, 1.807) is 13.0 Å². The van der Waals surface area contributed by atoms with Crippen molar-refractivity contribution in [1.82, 2.24) is 5.32 Å². The summed E-state index contributed by atoms with van der Waals surface area (Å²) in [5.41, 5.74) is 0.621. The number of methoxy groups -OCH3 is 1. The molecule has 2 N–H and O–H groups in total. The van der Waals surface area contributed by atoms with Crippen LogP contribution < -0.4 is 14.8 Å². The Morgan fingerprint density at radius 3 is 2.39 bits per heavy atom. The molecule has 0 aliphatic rings. The largest absolute Gasteiger partial charge is 0.494 e. The van der Waals surface area contributed by atoms with Gasteiger partial charge in [0.2, 0.25) is 0 Å². The summed E-state index contributed by atoms with van der Waals surface area (Å²) >= 11 is 0. The zero-order valence-electron chi connectivity index (χ0n) is 17.6. The van der Waals surface area contributed by atoms with Crippen LogP contribution in [0.25, 0.3) is 0 Å². The molecule has 0 aliphatic carbocycles. The normalized spacial score (nSPS) is 12.0. The van der Waals surface area contributed by atoms with E-state index in [1.165, 1.54) is 61.7 Å². The molecule has 11 heteroatoms. The zero-order valence-corrected chi connectivity index (χ0v) is 18.4. The van der Waals surface area contributed by atoms with Crippen molar-refractivity contribution in [2.24, 2.45) is 0 Å². The number of sulfonamides is 1. The predicted molar refractivity (Wildman–Crippen MR) is 119 cm³/mol. The second-order valence-corrected chi connectivity index (χ2v) is 8.71. The summed E-state index contributed by atoms with van der Waals surface area (Å²) < 4.78 is 46.1. The minimum absolute atomic E-state index is 0.0976. The van der Waals surface area contributed by atoms with E-state index >= 15 is 0 Å². The number of nitrogens with zero attached hydrogens (tertiary/aromatic N) is 1. The maximum absolute atomic E-state index is 13.9. The third-order valence-corrected chi connectivity index (χ3v) is 6.14. The number of nitro groups is 1. The number of nitro benzene ring substituents is 1. The van der Waals surface area contributed by atoms with Gasteiger partial charge in [-0.2, -0.15) is 0 Å². The number of rotatable bonds is 8. The molecule has 1 amide bonds. The molecule has 0 radical (unpaired) electrons. The van der Waals surface area contributed by atoms with Gasteiger partial charge in [-0.3, -0.25) is 19.6 Å². The first kappa shape index (κ1) is 23.7. The highest BCUT2D eigenvalue weighted by Crippen LogP contribution is 2.23. The Hall–Kier alpha value is -3.99. The Morgan fingerprint density at radius 1 is 1.09 bits per heavy atom. The highest BCUT2D eigenvalue weighted by atomic mass is 32.2. The summed E-state index contributed by atoms with van der Waals surface area (Å²) in [6, 6.07) is 14.2. The van der Waals surface area contributed by atoms with Crippen LogP contribution in [0.3, 0.4) is 0 Å². The van der Waals surface area contributed by atoms with Crippen LogP contribution in [0.15, 0.2) is 71.6 Å². The highest BCUT2D eigenvalue weighted by molar-refractivity contribution is 7.92. The van der Waals surface area contributed by atoms with Gasteiger partial charge < -0.3 is 10.1 Å². The van der Waals surface area contributed by atoms with Gasteiger partial charge in [0.25, 0.3) is 21.6 Å². The first-order valence-electron chi connectivity index (χ1n) is 9.62. The Kier molecular flexibility index (Phi) is 6.92. The lowest BCUT2D eigenvalue weighted by atomic mass is 10.1. The van der Waals surface area contributed by atoms with E-state index in [9.17, 15) is 27.7 Å². The number of hydrogen-bond donors (Lipinski definition) is 2. The Balaban J connectivity index is 1.69. The average Bonchev–Trinajstić information content (AvgIpc) is 2.79. The van der Waals surface area contributed by atoms with Gasteiger partial charge in [0.1, 0.15) is 0 Å². The fourth-order valence-corrected chi connectivity index (χ4v) is 4.08. The van der Waals surface area contributed by atoms with Crippen LogP contribution in [0, 0.1) is 15.9 Å². The molecular weight excluding hydrogens is 453 g/mol.